The van der Waals surface area contributed by atoms with E-state index >= 15 is 0 Å². The molecule has 53 valence electrons. The fraction of sp³-hybridized carbons (Fsp3) is 1.00. The topological polar surface area (TPSA) is 64.2 Å². The Kier molecular flexibility index (Phi) is 2.41. The molecule has 0 saturated carbocycles. The molecule has 4 heteroatoms. The van der Waals surface area contributed by atoms with Crippen LogP contribution in [0.4, 0.5) is 0 Å². The predicted octanol–water partition coefficient (Wildman–Crippen LogP) is -1.70. The first kappa shape index (κ1) is 6.95. The number of hydrogen-bond donors (Lipinski definition) is 3. The number of aliphatic hydroxyl groups is 1. The smallest absolute Gasteiger partial charge is 0.205 e. The lowest BCUT2D eigenvalue weighted by molar-refractivity contribution is -0.116. The highest BCUT2D eigenvalue weighted by atomic mass is 16.5. The molecule has 0 aliphatic carbocycles. The van der Waals surface area contributed by atoms with Crippen LogP contribution in [-0.2, 0) is 5.11 Å². The average Bonchev–Trinajstić information content (AvgIpc) is 1.90. The van der Waals surface area contributed by atoms with E-state index in [9.17, 15) is 5.11 Å². The summed E-state index contributed by atoms with van der Waals surface area (Å²) in [5.41, 5.74) is 0. The van der Waals surface area contributed by atoms with E-state index in [0.717, 1.165) is 13.1 Å². The molecule has 9 heavy (non-hydrogen) atoms. The molecular formula is C5H11N2O2. The van der Waals surface area contributed by atoms with Crippen LogP contribution in [0.2, 0.25) is 0 Å². The Hall–Kier alpha value is -0.160. The van der Waals surface area contributed by atoms with Gasteiger partial charge in [0.2, 0.25) is 6.29 Å². The summed E-state index contributed by atoms with van der Waals surface area (Å²) in [7, 11) is 0. The Morgan fingerprint density at radius 3 is 2.67 bits per heavy atom. The molecule has 0 amide bonds. The maximum atomic E-state index is 10.3. The van der Waals surface area contributed by atoms with E-state index < -0.39 is 6.29 Å². The molecule has 1 rings (SSSR count). The van der Waals surface area contributed by atoms with Gasteiger partial charge in [0.15, 0.2) is 0 Å². The Morgan fingerprint density at radius 2 is 2.33 bits per heavy atom. The molecule has 1 radical (unpaired) electrons. The van der Waals surface area contributed by atoms with Gasteiger partial charge < -0.3 is 15.7 Å². The normalized spacial score (nSPS) is 29.0. The fourth-order valence-electron chi connectivity index (χ4n) is 0.877. The van der Waals surface area contributed by atoms with Gasteiger partial charge in [-0.1, -0.05) is 0 Å². The molecule has 3 N–H and O–H groups in total. The van der Waals surface area contributed by atoms with Crippen molar-refractivity contribution in [1.29, 1.82) is 0 Å². The van der Waals surface area contributed by atoms with Gasteiger partial charge in [-0.15, -0.1) is 0 Å². The third-order valence-corrected chi connectivity index (χ3v) is 1.42. The maximum Gasteiger partial charge on any atom is 0.205 e. The molecule has 1 aliphatic rings. The summed E-state index contributed by atoms with van der Waals surface area (Å²) in [6, 6.07) is -0.307. The highest BCUT2D eigenvalue weighted by Gasteiger charge is 2.18. The van der Waals surface area contributed by atoms with Crippen LogP contribution < -0.4 is 10.6 Å². The summed E-state index contributed by atoms with van der Waals surface area (Å²) in [5, 5.41) is 24.7. The van der Waals surface area contributed by atoms with Crippen molar-refractivity contribution in [3.63, 3.8) is 0 Å². The number of hydrogen-bond acceptors (Lipinski definition) is 3. The van der Waals surface area contributed by atoms with Gasteiger partial charge in [0.25, 0.3) is 0 Å². The number of rotatable bonds is 1. The van der Waals surface area contributed by atoms with Crippen molar-refractivity contribution in [2.45, 2.75) is 12.3 Å². The molecule has 1 fully saturated rings. The van der Waals surface area contributed by atoms with Crippen LogP contribution >= 0.6 is 0 Å². The van der Waals surface area contributed by atoms with Gasteiger partial charge in [0, 0.05) is 19.6 Å². The number of aliphatic hydroxyl groups excluding tert-OH is 1. The third kappa shape index (κ3) is 1.91. The van der Waals surface area contributed by atoms with Gasteiger partial charge in [-0.3, -0.25) is 0 Å². The molecule has 1 saturated heterocycles. The molecule has 1 heterocycles. The molecule has 0 aromatic carbocycles. The first-order chi connectivity index (χ1) is 4.30. The van der Waals surface area contributed by atoms with E-state index in [2.05, 4.69) is 10.6 Å². The van der Waals surface area contributed by atoms with Crippen LogP contribution in [0, 0.1) is 0 Å². The molecule has 0 aromatic rings. The molecule has 0 aromatic heterocycles. The van der Waals surface area contributed by atoms with E-state index in [-0.39, 0.29) is 6.04 Å². The maximum absolute atomic E-state index is 10.3. The molecule has 0 bridgehead atoms. The third-order valence-electron chi connectivity index (χ3n) is 1.42. The van der Waals surface area contributed by atoms with Gasteiger partial charge in [-0.05, 0) is 0 Å². The number of nitrogens with one attached hydrogen (secondary N) is 2. The standard InChI is InChI=1S/C5H11N2O2/c8-5(9)4-3-6-1-2-7-4/h4-8H,1-3H2. The second-order valence-electron chi connectivity index (χ2n) is 2.16. The van der Waals surface area contributed by atoms with Crippen LogP contribution in [0.15, 0.2) is 0 Å². The average molecular weight is 131 g/mol. The Balaban J connectivity index is 2.23. The predicted molar refractivity (Wildman–Crippen MR) is 31.4 cm³/mol. The summed E-state index contributed by atoms with van der Waals surface area (Å²) in [4.78, 5) is 0. The minimum Gasteiger partial charge on any atom is -0.364 e. The molecule has 1 aliphatic heterocycles. The zero-order chi connectivity index (χ0) is 6.69. The minimum atomic E-state index is -1.49. The van der Waals surface area contributed by atoms with Crippen molar-refractivity contribution >= 4 is 0 Å². The first-order valence-corrected chi connectivity index (χ1v) is 3.08. The van der Waals surface area contributed by atoms with Crippen molar-refractivity contribution in [2.24, 2.45) is 0 Å². The minimum absolute atomic E-state index is 0.307. The van der Waals surface area contributed by atoms with E-state index in [1.165, 1.54) is 0 Å². The van der Waals surface area contributed by atoms with Gasteiger partial charge in [0.1, 0.15) is 0 Å². The van der Waals surface area contributed by atoms with Gasteiger partial charge >= 0.3 is 0 Å². The van der Waals surface area contributed by atoms with Crippen molar-refractivity contribution in [3.05, 3.63) is 0 Å². The first-order valence-electron chi connectivity index (χ1n) is 3.08. The quantitative estimate of drug-likeness (QED) is 0.371. The Morgan fingerprint density at radius 1 is 1.56 bits per heavy atom. The van der Waals surface area contributed by atoms with Crippen molar-refractivity contribution in [3.8, 4) is 0 Å². The van der Waals surface area contributed by atoms with E-state index in [0.29, 0.717) is 6.54 Å². The second-order valence-corrected chi connectivity index (χ2v) is 2.16. The molecule has 2 unspecified atom stereocenters. The van der Waals surface area contributed by atoms with E-state index in [1.807, 2.05) is 0 Å². The summed E-state index contributed by atoms with van der Waals surface area (Å²) in [5.74, 6) is 0. The molecule has 4 nitrogen and oxygen atoms in total. The van der Waals surface area contributed by atoms with E-state index in [4.69, 9.17) is 5.11 Å². The SMILES string of the molecule is [O]C(O)C1CNCCN1. The van der Waals surface area contributed by atoms with Crippen molar-refractivity contribution < 1.29 is 10.2 Å². The highest BCUT2D eigenvalue weighted by molar-refractivity contribution is 4.76. The van der Waals surface area contributed by atoms with Crippen LogP contribution in [0.1, 0.15) is 0 Å². The largest absolute Gasteiger partial charge is 0.364 e. The van der Waals surface area contributed by atoms with Gasteiger partial charge in [-0.2, -0.15) is 0 Å². The second kappa shape index (κ2) is 3.12. The summed E-state index contributed by atoms with van der Waals surface area (Å²) < 4.78 is 0. The highest BCUT2D eigenvalue weighted by Crippen LogP contribution is 1.90. The zero-order valence-corrected chi connectivity index (χ0v) is 5.13. The lowest BCUT2D eigenvalue weighted by Crippen LogP contribution is -2.53. The number of piperazine rings is 1. The Bertz CT molecular complexity index is 81.0. The van der Waals surface area contributed by atoms with Gasteiger partial charge in [-0.25, -0.2) is 5.11 Å². The molecular weight excluding hydrogens is 120 g/mol. The van der Waals surface area contributed by atoms with Gasteiger partial charge in [0.05, 0.1) is 6.04 Å². The van der Waals surface area contributed by atoms with Crippen molar-refractivity contribution in [1.82, 2.24) is 10.6 Å². The van der Waals surface area contributed by atoms with Crippen LogP contribution in [0.25, 0.3) is 0 Å². The van der Waals surface area contributed by atoms with Crippen molar-refractivity contribution in [2.75, 3.05) is 19.6 Å². The Labute approximate surface area is 53.9 Å². The van der Waals surface area contributed by atoms with Crippen LogP contribution in [-0.4, -0.2) is 37.1 Å². The summed E-state index contributed by atoms with van der Waals surface area (Å²) in [6.07, 6.45) is -1.49. The summed E-state index contributed by atoms with van der Waals surface area (Å²) >= 11 is 0. The monoisotopic (exact) mass is 131 g/mol. The molecule has 0 spiro atoms. The fourth-order valence-corrected chi connectivity index (χ4v) is 0.877. The van der Waals surface area contributed by atoms with E-state index in [1.54, 1.807) is 0 Å². The zero-order valence-electron chi connectivity index (χ0n) is 5.13. The lowest BCUT2D eigenvalue weighted by Gasteiger charge is -2.24. The molecule has 2 atom stereocenters. The van der Waals surface area contributed by atoms with Crippen LogP contribution in [0.5, 0.6) is 0 Å². The lowest BCUT2D eigenvalue weighted by atomic mass is 10.2. The van der Waals surface area contributed by atoms with Crippen LogP contribution in [0.3, 0.4) is 0 Å². The summed E-state index contributed by atoms with van der Waals surface area (Å²) in [6.45, 7) is 2.22.